The molecule has 0 aromatic carbocycles. The molecule has 0 saturated heterocycles. The van der Waals surface area contributed by atoms with Crippen molar-refractivity contribution >= 4 is 23.7 Å². The van der Waals surface area contributed by atoms with Gasteiger partial charge in [-0.2, -0.15) is 0 Å². The van der Waals surface area contributed by atoms with E-state index in [-0.39, 0.29) is 11.6 Å². The Balaban J connectivity index is 2.72. The zero-order valence-corrected chi connectivity index (χ0v) is 8.69. The first-order chi connectivity index (χ1) is 7.08. The van der Waals surface area contributed by atoms with Crippen molar-refractivity contribution in [2.45, 2.75) is 13.8 Å². The number of ketones is 2. The molecular formula is C12H12O3. The average molecular weight is 204 g/mol. The Morgan fingerprint density at radius 3 is 1.73 bits per heavy atom. The van der Waals surface area contributed by atoms with Crippen molar-refractivity contribution in [3.05, 3.63) is 35.8 Å². The number of carbonyl (C=O) groups is 2. The van der Waals surface area contributed by atoms with Gasteiger partial charge in [-0.1, -0.05) is 0 Å². The van der Waals surface area contributed by atoms with Crippen LogP contribution in [0.15, 0.2) is 28.7 Å². The van der Waals surface area contributed by atoms with Crippen LogP contribution < -0.4 is 0 Å². The second-order valence-electron chi connectivity index (χ2n) is 3.13. The van der Waals surface area contributed by atoms with E-state index >= 15 is 0 Å². The molecule has 0 spiro atoms. The molecular weight excluding hydrogens is 192 g/mol. The van der Waals surface area contributed by atoms with E-state index in [4.69, 9.17) is 4.42 Å². The molecule has 15 heavy (non-hydrogen) atoms. The first kappa shape index (κ1) is 11.2. The van der Waals surface area contributed by atoms with Crippen LogP contribution in [0.5, 0.6) is 0 Å². The molecule has 1 aromatic heterocycles. The minimum Gasteiger partial charge on any atom is -0.457 e. The molecule has 0 radical (unpaired) electrons. The van der Waals surface area contributed by atoms with Gasteiger partial charge in [0.1, 0.15) is 11.5 Å². The van der Waals surface area contributed by atoms with Crippen LogP contribution in [-0.4, -0.2) is 11.6 Å². The molecule has 0 saturated carbocycles. The van der Waals surface area contributed by atoms with Gasteiger partial charge in [-0.3, -0.25) is 9.59 Å². The van der Waals surface area contributed by atoms with Gasteiger partial charge in [0.25, 0.3) is 0 Å². The van der Waals surface area contributed by atoms with Crippen LogP contribution >= 0.6 is 0 Å². The molecule has 0 bridgehead atoms. The maximum atomic E-state index is 10.7. The molecule has 0 N–H and O–H groups in total. The Kier molecular flexibility index (Phi) is 3.80. The predicted octanol–water partition coefficient (Wildman–Crippen LogP) is 2.48. The molecule has 1 rings (SSSR count). The number of rotatable bonds is 4. The lowest BCUT2D eigenvalue weighted by Crippen LogP contribution is -1.79. The van der Waals surface area contributed by atoms with E-state index < -0.39 is 0 Å². The van der Waals surface area contributed by atoms with Crippen LogP contribution in [0.1, 0.15) is 25.4 Å². The summed E-state index contributed by atoms with van der Waals surface area (Å²) in [6, 6.07) is 3.47. The van der Waals surface area contributed by atoms with Crippen molar-refractivity contribution in [1.82, 2.24) is 0 Å². The van der Waals surface area contributed by atoms with E-state index in [2.05, 4.69) is 0 Å². The van der Waals surface area contributed by atoms with Gasteiger partial charge in [-0.15, -0.1) is 0 Å². The van der Waals surface area contributed by atoms with Crippen LogP contribution in [-0.2, 0) is 9.59 Å². The lowest BCUT2D eigenvalue weighted by atomic mass is 10.3. The summed E-state index contributed by atoms with van der Waals surface area (Å²) in [6.45, 7) is 2.94. The highest BCUT2D eigenvalue weighted by Crippen LogP contribution is 2.11. The molecule has 0 aliphatic heterocycles. The van der Waals surface area contributed by atoms with Crippen molar-refractivity contribution in [3.63, 3.8) is 0 Å². The van der Waals surface area contributed by atoms with E-state index in [0.29, 0.717) is 11.5 Å². The van der Waals surface area contributed by atoms with Crippen LogP contribution in [0.25, 0.3) is 12.2 Å². The molecule has 3 heteroatoms. The van der Waals surface area contributed by atoms with Gasteiger partial charge >= 0.3 is 0 Å². The highest BCUT2D eigenvalue weighted by Gasteiger charge is 1.95. The van der Waals surface area contributed by atoms with Gasteiger partial charge in [0, 0.05) is 0 Å². The molecule has 0 aliphatic carbocycles. The number of furan rings is 1. The van der Waals surface area contributed by atoms with E-state index in [1.165, 1.54) is 26.0 Å². The molecule has 0 amide bonds. The Morgan fingerprint density at radius 1 is 1.00 bits per heavy atom. The summed E-state index contributed by atoms with van der Waals surface area (Å²) in [7, 11) is 0. The fraction of sp³-hybridized carbons (Fsp3) is 0.167. The van der Waals surface area contributed by atoms with Crippen molar-refractivity contribution in [1.29, 1.82) is 0 Å². The molecule has 0 unspecified atom stereocenters. The summed E-state index contributed by atoms with van der Waals surface area (Å²) in [5.41, 5.74) is 0. The third-order valence-electron chi connectivity index (χ3n) is 1.61. The summed E-state index contributed by atoms with van der Waals surface area (Å²) in [6.07, 6.45) is 6.04. The fourth-order valence-corrected chi connectivity index (χ4v) is 0.947. The van der Waals surface area contributed by atoms with Crippen molar-refractivity contribution < 1.29 is 14.0 Å². The normalized spacial score (nSPS) is 11.3. The Labute approximate surface area is 88.1 Å². The third-order valence-corrected chi connectivity index (χ3v) is 1.61. The number of hydrogen-bond acceptors (Lipinski definition) is 3. The van der Waals surface area contributed by atoms with Crippen molar-refractivity contribution in [3.8, 4) is 0 Å². The first-order valence-corrected chi connectivity index (χ1v) is 4.55. The van der Waals surface area contributed by atoms with Gasteiger partial charge in [0.15, 0.2) is 11.6 Å². The predicted molar refractivity (Wildman–Crippen MR) is 58.1 cm³/mol. The maximum absolute atomic E-state index is 10.7. The van der Waals surface area contributed by atoms with E-state index in [1.54, 1.807) is 24.3 Å². The van der Waals surface area contributed by atoms with Crippen molar-refractivity contribution in [2.75, 3.05) is 0 Å². The van der Waals surface area contributed by atoms with Gasteiger partial charge in [-0.25, -0.2) is 0 Å². The highest BCUT2D eigenvalue weighted by atomic mass is 16.3. The summed E-state index contributed by atoms with van der Waals surface area (Å²) >= 11 is 0. The van der Waals surface area contributed by atoms with Gasteiger partial charge in [0.2, 0.25) is 0 Å². The molecule has 1 heterocycles. The van der Waals surface area contributed by atoms with E-state index in [9.17, 15) is 9.59 Å². The molecule has 0 aliphatic rings. The minimum absolute atomic E-state index is 0.0350. The lowest BCUT2D eigenvalue weighted by molar-refractivity contribution is -0.113. The SMILES string of the molecule is CC(=O)C=Cc1ccc(C=CC(C)=O)o1. The number of carbonyl (C=O) groups excluding carboxylic acids is 2. The summed E-state index contributed by atoms with van der Waals surface area (Å²) in [4.78, 5) is 21.3. The lowest BCUT2D eigenvalue weighted by Gasteiger charge is -1.85. The third kappa shape index (κ3) is 4.22. The Hall–Kier alpha value is -1.90. The molecule has 0 fully saturated rings. The number of hydrogen-bond donors (Lipinski definition) is 0. The largest absolute Gasteiger partial charge is 0.457 e. The molecule has 0 atom stereocenters. The molecule has 3 nitrogen and oxygen atoms in total. The smallest absolute Gasteiger partial charge is 0.152 e. The fourth-order valence-electron chi connectivity index (χ4n) is 0.947. The minimum atomic E-state index is -0.0350. The van der Waals surface area contributed by atoms with Crippen LogP contribution in [0.2, 0.25) is 0 Å². The monoisotopic (exact) mass is 204 g/mol. The highest BCUT2D eigenvalue weighted by molar-refractivity contribution is 5.92. The van der Waals surface area contributed by atoms with Gasteiger partial charge < -0.3 is 4.42 Å². The Bertz CT molecular complexity index is 383. The van der Waals surface area contributed by atoms with Crippen LogP contribution in [0.4, 0.5) is 0 Å². The number of allylic oxidation sites excluding steroid dienone is 2. The Morgan fingerprint density at radius 2 is 1.40 bits per heavy atom. The standard InChI is InChI=1S/C12H12O3/c1-9(13)3-5-11-7-8-12(15-11)6-4-10(2)14/h3-8H,1-2H3. The zero-order valence-electron chi connectivity index (χ0n) is 8.69. The summed E-state index contributed by atoms with van der Waals surface area (Å²) < 4.78 is 5.31. The average Bonchev–Trinajstić information content (AvgIpc) is 2.59. The van der Waals surface area contributed by atoms with Crippen LogP contribution in [0, 0.1) is 0 Å². The van der Waals surface area contributed by atoms with Gasteiger partial charge in [0.05, 0.1) is 0 Å². The molecule has 78 valence electrons. The van der Waals surface area contributed by atoms with Gasteiger partial charge in [-0.05, 0) is 50.3 Å². The first-order valence-electron chi connectivity index (χ1n) is 4.55. The zero-order chi connectivity index (χ0) is 11.3. The maximum Gasteiger partial charge on any atom is 0.152 e. The topological polar surface area (TPSA) is 47.3 Å². The quantitative estimate of drug-likeness (QED) is 0.708. The molecule has 1 aromatic rings. The van der Waals surface area contributed by atoms with Crippen molar-refractivity contribution in [2.24, 2.45) is 0 Å². The second-order valence-corrected chi connectivity index (χ2v) is 3.13. The van der Waals surface area contributed by atoms with Crippen LogP contribution in [0.3, 0.4) is 0 Å². The summed E-state index contributed by atoms with van der Waals surface area (Å²) in [5.74, 6) is 1.11. The van der Waals surface area contributed by atoms with E-state index in [1.807, 2.05) is 0 Å². The summed E-state index contributed by atoms with van der Waals surface area (Å²) in [5, 5.41) is 0. The second kappa shape index (κ2) is 5.10. The van der Waals surface area contributed by atoms with E-state index in [0.717, 1.165) is 0 Å².